The fourth-order valence-corrected chi connectivity index (χ4v) is 5.19. The number of hydrogen-bond acceptors (Lipinski definition) is 6. The Kier molecular flexibility index (Phi) is 8.86. The molecule has 0 saturated heterocycles. The minimum atomic E-state index is -1.11. The highest BCUT2D eigenvalue weighted by Crippen LogP contribution is 2.31. The number of carbonyl (C=O) groups is 2. The highest BCUT2D eigenvalue weighted by Gasteiger charge is 2.21. The summed E-state index contributed by atoms with van der Waals surface area (Å²) in [6.07, 6.45) is 0.402. The van der Waals surface area contributed by atoms with Crippen molar-refractivity contribution in [2.45, 2.75) is 32.1 Å². The molecular weight excluding hydrogens is 502 g/mol. The molecule has 1 atom stereocenters. The van der Waals surface area contributed by atoms with Crippen molar-refractivity contribution in [3.05, 3.63) is 111 Å². The molecule has 1 aromatic heterocycles. The second kappa shape index (κ2) is 12.5. The first-order valence-electron chi connectivity index (χ1n) is 12.2. The van der Waals surface area contributed by atoms with Crippen LogP contribution in [0.4, 0.5) is 0 Å². The van der Waals surface area contributed by atoms with Gasteiger partial charge in [0.25, 0.3) is 5.91 Å². The zero-order chi connectivity index (χ0) is 27.1. The fraction of sp³-hybridized carbons (Fsp3) is 0.233. The van der Waals surface area contributed by atoms with Crippen LogP contribution in [0.2, 0.25) is 0 Å². The van der Waals surface area contributed by atoms with Crippen molar-refractivity contribution in [3.8, 4) is 5.75 Å². The van der Waals surface area contributed by atoms with Gasteiger partial charge in [-0.15, -0.1) is 0 Å². The fourth-order valence-electron chi connectivity index (χ4n) is 4.18. The van der Waals surface area contributed by atoms with Gasteiger partial charge >= 0.3 is 11.6 Å². The maximum absolute atomic E-state index is 12.8. The zero-order valence-electron chi connectivity index (χ0n) is 21.2. The third-order valence-corrected chi connectivity index (χ3v) is 7.21. The molecule has 2 N–H and O–H groups in total. The summed E-state index contributed by atoms with van der Waals surface area (Å²) in [4.78, 5) is 37.2. The minimum absolute atomic E-state index is 0.219. The monoisotopic (exact) mass is 531 g/mol. The summed E-state index contributed by atoms with van der Waals surface area (Å²) in [7, 11) is 0. The molecule has 1 heterocycles. The lowest BCUT2D eigenvalue weighted by atomic mass is 9.98. The van der Waals surface area contributed by atoms with Crippen LogP contribution in [-0.2, 0) is 21.8 Å². The number of carbonyl (C=O) groups excluding carboxylic acids is 1. The van der Waals surface area contributed by atoms with Crippen molar-refractivity contribution in [1.82, 2.24) is 5.32 Å². The van der Waals surface area contributed by atoms with Crippen molar-refractivity contribution < 1.29 is 23.8 Å². The number of rotatable bonds is 11. The Hall–Kier alpha value is -4.04. The number of benzene rings is 3. The highest BCUT2D eigenvalue weighted by atomic mass is 32.2. The Bertz CT molecular complexity index is 1480. The second-order valence-electron chi connectivity index (χ2n) is 9.04. The van der Waals surface area contributed by atoms with E-state index in [0.717, 1.165) is 22.3 Å². The standard InChI is InChI=1S/C30H29NO6S/c1-19-13-25(28-20(2)23(30(35)37-26(28)14-19)15-21-9-5-3-6-10-21)36-16-27(32)31-24(29(33)34)18-38-17-22-11-7-4-8-12-22/h3-14,24H,15-18H2,1-2H3,(H,31,32)(H,33,34)/t24-/m0/s1. The van der Waals surface area contributed by atoms with Crippen LogP contribution in [0.1, 0.15) is 27.8 Å². The van der Waals surface area contributed by atoms with Crippen molar-refractivity contribution in [2.75, 3.05) is 12.4 Å². The van der Waals surface area contributed by atoms with Gasteiger partial charge in [0.2, 0.25) is 0 Å². The van der Waals surface area contributed by atoms with Gasteiger partial charge in [-0.05, 0) is 48.2 Å². The van der Waals surface area contributed by atoms with Crippen molar-refractivity contribution in [3.63, 3.8) is 0 Å². The molecule has 0 spiro atoms. The maximum Gasteiger partial charge on any atom is 0.340 e. The lowest BCUT2D eigenvalue weighted by Gasteiger charge is -2.16. The SMILES string of the molecule is Cc1cc(OCC(=O)N[C@@H](CSCc2ccccc2)C(=O)O)c2c(C)c(Cc3ccccc3)c(=O)oc2c1. The van der Waals surface area contributed by atoms with E-state index in [4.69, 9.17) is 9.15 Å². The molecule has 4 rings (SSSR count). The average Bonchev–Trinajstić information content (AvgIpc) is 2.90. The summed E-state index contributed by atoms with van der Waals surface area (Å²) in [5.41, 5.74) is 4.05. The molecular formula is C30H29NO6S. The molecule has 0 radical (unpaired) electrons. The molecule has 4 aromatic rings. The van der Waals surface area contributed by atoms with Gasteiger partial charge in [0, 0.05) is 23.5 Å². The van der Waals surface area contributed by atoms with Crippen LogP contribution in [0.25, 0.3) is 11.0 Å². The van der Waals surface area contributed by atoms with Gasteiger partial charge in [-0.3, -0.25) is 4.79 Å². The molecule has 1 amide bonds. The predicted octanol–water partition coefficient (Wildman–Crippen LogP) is 4.88. The van der Waals surface area contributed by atoms with Crippen LogP contribution in [0.3, 0.4) is 0 Å². The van der Waals surface area contributed by atoms with E-state index < -0.39 is 23.5 Å². The van der Waals surface area contributed by atoms with Gasteiger partial charge in [-0.25, -0.2) is 9.59 Å². The van der Waals surface area contributed by atoms with E-state index in [1.165, 1.54) is 11.8 Å². The number of thioether (sulfide) groups is 1. The third kappa shape index (κ3) is 6.83. The number of fused-ring (bicyclic) bond motifs is 1. The predicted molar refractivity (Wildman–Crippen MR) is 149 cm³/mol. The Balaban J connectivity index is 1.47. The number of ether oxygens (including phenoxy) is 1. The molecule has 7 nitrogen and oxygen atoms in total. The number of aliphatic carboxylic acids is 1. The van der Waals surface area contributed by atoms with Crippen LogP contribution in [0.15, 0.2) is 82.0 Å². The van der Waals surface area contributed by atoms with Crippen LogP contribution in [0.5, 0.6) is 5.75 Å². The quantitative estimate of drug-likeness (QED) is 0.266. The van der Waals surface area contributed by atoms with Crippen molar-refractivity contribution in [2.24, 2.45) is 0 Å². The lowest BCUT2D eigenvalue weighted by Crippen LogP contribution is -2.44. The van der Waals surface area contributed by atoms with E-state index in [-0.39, 0.29) is 12.4 Å². The summed E-state index contributed by atoms with van der Waals surface area (Å²) >= 11 is 1.43. The first kappa shape index (κ1) is 27.0. The van der Waals surface area contributed by atoms with E-state index in [0.29, 0.717) is 34.5 Å². The molecule has 0 aliphatic heterocycles. The largest absolute Gasteiger partial charge is 0.483 e. The van der Waals surface area contributed by atoms with Gasteiger partial charge in [0.05, 0.1) is 5.39 Å². The average molecular weight is 532 g/mol. The number of aryl methyl sites for hydroxylation is 2. The van der Waals surface area contributed by atoms with E-state index in [1.54, 1.807) is 12.1 Å². The molecule has 0 saturated carbocycles. The van der Waals surface area contributed by atoms with E-state index in [9.17, 15) is 19.5 Å². The highest BCUT2D eigenvalue weighted by molar-refractivity contribution is 7.98. The smallest absolute Gasteiger partial charge is 0.340 e. The molecule has 0 aliphatic rings. The summed E-state index contributed by atoms with van der Waals surface area (Å²) in [6, 6.07) is 21.8. The van der Waals surface area contributed by atoms with Gasteiger partial charge < -0.3 is 19.6 Å². The number of carboxylic acid groups (broad SMARTS) is 1. The first-order valence-corrected chi connectivity index (χ1v) is 13.3. The van der Waals surface area contributed by atoms with Crippen LogP contribution < -0.4 is 15.7 Å². The first-order chi connectivity index (χ1) is 18.3. The Labute approximate surface area is 224 Å². The molecule has 196 valence electrons. The second-order valence-corrected chi connectivity index (χ2v) is 10.1. The number of hydrogen-bond donors (Lipinski definition) is 2. The molecule has 0 aliphatic carbocycles. The van der Waals surface area contributed by atoms with Gasteiger partial charge in [-0.1, -0.05) is 60.7 Å². The van der Waals surface area contributed by atoms with Gasteiger partial charge in [0.1, 0.15) is 17.4 Å². The third-order valence-electron chi connectivity index (χ3n) is 6.10. The molecule has 8 heteroatoms. The van der Waals surface area contributed by atoms with Gasteiger partial charge in [0.15, 0.2) is 6.61 Å². The number of nitrogens with one attached hydrogen (secondary N) is 1. The van der Waals surface area contributed by atoms with E-state index in [1.807, 2.05) is 74.5 Å². The summed E-state index contributed by atoms with van der Waals surface area (Å²) < 4.78 is 11.5. The minimum Gasteiger partial charge on any atom is -0.483 e. The van der Waals surface area contributed by atoms with E-state index >= 15 is 0 Å². The van der Waals surface area contributed by atoms with Crippen LogP contribution in [-0.4, -0.2) is 35.4 Å². The van der Waals surface area contributed by atoms with Crippen molar-refractivity contribution >= 4 is 34.6 Å². The molecule has 0 unspecified atom stereocenters. The zero-order valence-corrected chi connectivity index (χ0v) is 22.0. The van der Waals surface area contributed by atoms with Crippen LogP contribution >= 0.6 is 11.8 Å². The molecule has 3 aromatic carbocycles. The number of carboxylic acids is 1. The van der Waals surface area contributed by atoms with Gasteiger partial charge in [-0.2, -0.15) is 11.8 Å². The number of amides is 1. The Morgan fingerprint density at radius 3 is 2.32 bits per heavy atom. The normalized spacial score (nSPS) is 11.7. The van der Waals surface area contributed by atoms with E-state index in [2.05, 4.69) is 5.32 Å². The maximum atomic E-state index is 12.8. The van der Waals surface area contributed by atoms with Crippen LogP contribution in [0, 0.1) is 13.8 Å². The molecule has 0 bridgehead atoms. The lowest BCUT2D eigenvalue weighted by molar-refractivity contribution is -0.141. The van der Waals surface area contributed by atoms with Crippen molar-refractivity contribution in [1.29, 1.82) is 0 Å². The molecule has 38 heavy (non-hydrogen) atoms. The summed E-state index contributed by atoms with van der Waals surface area (Å²) in [5, 5.41) is 12.7. The summed E-state index contributed by atoms with van der Waals surface area (Å²) in [6.45, 7) is 3.30. The molecule has 0 fully saturated rings. The Morgan fingerprint density at radius 2 is 1.66 bits per heavy atom. The Morgan fingerprint density at radius 1 is 1.00 bits per heavy atom. The summed E-state index contributed by atoms with van der Waals surface area (Å²) in [5.74, 6) is -0.399. The topological polar surface area (TPSA) is 106 Å².